The van der Waals surface area contributed by atoms with Gasteiger partial charge in [0.05, 0.1) is 12.5 Å². The number of carboxylic acids is 1. The third kappa shape index (κ3) is 1.82. The van der Waals surface area contributed by atoms with E-state index < -0.39 is 5.97 Å². The largest absolute Gasteiger partial charge is 0.482 e. The van der Waals surface area contributed by atoms with Crippen molar-refractivity contribution in [3.05, 3.63) is 23.8 Å². The second kappa shape index (κ2) is 3.92. The van der Waals surface area contributed by atoms with Gasteiger partial charge in [-0.3, -0.25) is 0 Å². The Labute approximate surface area is 97.9 Å². The van der Waals surface area contributed by atoms with Crippen LogP contribution in [0.15, 0.2) is 18.2 Å². The molecule has 1 aromatic rings. The van der Waals surface area contributed by atoms with Gasteiger partial charge in [-0.25, -0.2) is 4.79 Å². The summed E-state index contributed by atoms with van der Waals surface area (Å²) in [5, 5.41) is 8.55. The summed E-state index contributed by atoms with van der Waals surface area (Å²) in [6.45, 7) is 0.374. The molecule has 0 aromatic heterocycles. The number of benzene rings is 1. The maximum Gasteiger partial charge on any atom is 0.341 e. The third-order valence-corrected chi connectivity index (χ3v) is 3.03. The first-order chi connectivity index (χ1) is 8.24. The zero-order valence-corrected chi connectivity index (χ0v) is 9.09. The van der Waals surface area contributed by atoms with Crippen molar-refractivity contribution in [2.45, 2.75) is 18.6 Å². The molecule has 1 fully saturated rings. The lowest BCUT2D eigenvalue weighted by molar-refractivity contribution is -0.139. The molecule has 2 aliphatic heterocycles. The monoisotopic (exact) mass is 236 g/mol. The van der Waals surface area contributed by atoms with Gasteiger partial charge in [-0.2, -0.15) is 0 Å². The molecule has 2 atom stereocenters. The SMILES string of the molecule is O=C(O)COc1ccc2c(c1)C1CCOC1O2. The molecule has 1 N–H and O–H groups in total. The van der Waals surface area contributed by atoms with Crippen LogP contribution in [-0.4, -0.2) is 30.6 Å². The van der Waals surface area contributed by atoms with Crippen LogP contribution in [0.4, 0.5) is 0 Å². The molecule has 17 heavy (non-hydrogen) atoms. The van der Waals surface area contributed by atoms with Crippen molar-refractivity contribution in [3.63, 3.8) is 0 Å². The molecule has 90 valence electrons. The number of hydrogen-bond acceptors (Lipinski definition) is 4. The van der Waals surface area contributed by atoms with Gasteiger partial charge in [-0.1, -0.05) is 0 Å². The molecule has 0 amide bonds. The predicted octanol–water partition coefficient (Wildman–Crippen LogP) is 1.37. The van der Waals surface area contributed by atoms with Gasteiger partial charge in [0.2, 0.25) is 6.29 Å². The minimum absolute atomic E-state index is 0.181. The van der Waals surface area contributed by atoms with E-state index >= 15 is 0 Å². The fourth-order valence-electron chi connectivity index (χ4n) is 2.27. The van der Waals surface area contributed by atoms with Gasteiger partial charge >= 0.3 is 5.97 Å². The summed E-state index contributed by atoms with van der Waals surface area (Å²) in [6.07, 6.45) is 0.750. The first kappa shape index (κ1) is 10.4. The molecular formula is C12H12O5. The molecule has 3 rings (SSSR count). The number of hydrogen-bond donors (Lipinski definition) is 1. The van der Waals surface area contributed by atoms with E-state index in [1.165, 1.54) is 0 Å². The Morgan fingerprint density at radius 2 is 2.41 bits per heavy atom. The zero-order chi connectivity index (χ0) is 11.8. The summed E-state index contributed by atoms with van der Waals surface area (Å²) in [5.74, 6) is 0.631. The van der Waals surface area contributed by atoms with E-state index in [4.69, 9.17) is 19.3 Å². The Morgan fingerprint density at radius 3 is 3.24 bits per heavy atom. The fourth-order valence-corrected chi connectivity index (χ4v) is 2.27. The van der Waals surface area contributed by atoms with Crippen molar-refractivity contribution in [1.82, 2.24) is 0 Å². The smallest absolute Gasteiger partial charge is 0.341 e. The van der Waals surface area contributed by atoms with Gasteiger partial charge in [0, 0.05) is 5.56 Å². The summed E-state index contributed by atoms with van der Waals surface area (Å²) in [4.78, 5) is 10.4. The summed E-state index contributed by atoms with van der Waals surface area (Å²) in [5.41, 5.74) is 1.05. The molecule has 2 heterocycles. The highest BCUT2D eigenvalue weighted by Crippen LogP contribution is 2.45. The van der Waals surface area contributed by atoms with Gasteiger partial charge in [0.25, 0.3) is 0 Å². The lowest BCUT2D eigenvalue weighted by atomic mass is 9.98. The number of carboxylic acid groups (broad SMARTS) is 1. The van der Waals surface area contributed by atoms with Crippen LogP contribution in [0.1, 0.15) is 17.9 Å². The Bertz CT molecular complexity index is 456. The van der Waals surface area contributed by atoms with Crippen LogP contribution in [-0.2, 0) is 9.53 Å². The maximum absolute atomic E-state index is 10.4. The molecule has 0 saturated carbocycles. The Balaban J connectivity index is 1.82. The number of rotatable bonds is 3. The van der Waals surface area contributed by atoms with Crippen molar-refractivity contribution in [1.29, 1.82) is 0 Å². The van der Waals surface area contributed by atoms with Crippen LogP contribution in [0.25, 0.3) is 0 Å². The summed E-state index contributed by atoms with van der Waals surface area (Å²) >= 11 is 0. The standard InChI is InChI=1S/C12H12O5/c13-11(14)6-16-7-1-2-10-9(5-7)8-3-4-15-12(8)17-10/h1-2,5,8,12H,3-4,6H2,(H,13,14). The molecule has 2 aliphatic rings. The Hall–Kier alpha value is -1.75. The first-order valence-corrected chi connectivity index (χ1v) is 5.51. The molecule has 1 saturated heterocycles. The first-order valence-electron chi connectivity index (χ1n) is 5.51. The minimum atomic E-state index is -0.983. The molecule has 0 radical (unpaired) electrons. The average Bonchev–Trinajstić information content (AvgIpc) is 2.86. The van der Waals surface area contributed by atoms with E-state index in [1.807, 2.05) is 6.07 Å². The van der Waals surface area contributed by atoms with Crippen LogP contribution in [0, 0.1) is 0 Å². The highest BCUT2D eigenvalue weighted by atomic mass is 16.7. The molecule has 2 unspecified atom stereocenters. The third-order valence-electron chi connectivity index (χ3n) is 3.03. The van der Waals surface area contributed by atoms with E-state index in [9.17, 15) is 4.79 Å². The van der Waals surface area contributed by atoms with Crippen molar-refractivity contribution < 1.29 is 24.1 Å². The summed E-state index contributed by atoms with van der Waals surface area (Å²) in [7, 11) is 0. The van der Waals surface area contributed by atoms with Gasteiger partial charge < -0.3 is 19.3 Å². The van der Waals surface area contributed by atoms with E-state index in [0.29, 0.717) is 12.4 Å². The minimum Gasteiger partial charge on any atom is -0.482 e. The number of carbonyl (C=O) groups is 1. The highest BCUT2D eigenvalue weighted by Gasteiger charge is 2.39. The number of fused-ring (bicyclic) bond motifs is 3. The van der Waals surface area contributed by atoms with E-state index in [2.05, 4.69) is 0 Å². The number of aliphatic carboxylic acids is 1. The predicted molar refractivity (Wildman–Crippen MR) is 57.3 cm³/mol. The molecular weight excluding hydrogens is 224 g/mol. The van der Waals surface area contributed by atoms with Crippen LogP contribution in [0.3, 0.4) is 0 Å². The van der Waals surface area contributed by atoms with Crippen molar-refractivity contribution in [3.8, 4) is 11.5 Å². The molecule has 1 aromatic carbocycles. The van der Waals surface area contributed by atoms with E-state index in [1.54, 1.807) is 12.1 Å². The average molecular weight is 236 g/mol. The van der Waals surface area contributed by atoms with Crippen molar-refractivity contribution in [2.75, 3.05) is 13.2 Å². The van der Waals surface area contributed by atoms with E-state index in [-0.39, 0.29) is 18.8 Å². The normalized spacial score (nSPS) is 24.9. The van der Waals surface area contributed by atoms with Crippen LogP contribution < -0.4 is 9.47 Å². The quantitative estimate of drug-likeness (QED) is 0.858. The van der Waals surface area contributed by atoms with Gasteiger partial charge in [0.1, 0.15) is 11.5 Å². The molecule has 0 aliphatic carbocycles. The highest BCUT2D eigenvalue weighted by molar-refractivity contribution is 5.68. The van der Waals surface area contributed by atoms with Crippen molar-refractivity contribution in [2.24, 2.45) is 0 Å². The lowest BCUT2D eigenvalue weighted by Crippen LogP contribution is -2.13. The Kier molecular flexibility index (Phi) is 2.40. The van der Waals surface area contributed by atoms with Crippen LogP contribution >= 0.6 is 0 Å². The maximum atomic E-state index is 10.4. The topological polar surface area (TPSA) is 65.0 Å². The fraction of sp³-hybridized carbons (Fsp3) is 0.417. The summed E-state index contributed by atoms with van der Waals surface area (Å²) in [6, 6.07) is 5.36. The second-order valence-corrected chi connectivity index (χ2v) is 4.13. The van der Waals surface area contributed by atoms with Gasteiger partial charge in [-0.15, -0.1) is 0 Å². The lowest BCUT2D eigenvalue weighted by Gasteiger charge is -2.06. The Morgan fingerprint density at radius 1 is 1.53 bits per heavy atom. The summed E-state index contributed by atoms with van der Waals surface area (Å²) < 4.78 is 16.2. The van der Waals surface area contributed by atoms with Crippen LogP contribution in [0.2, 0.25) is 0 Å². The molecule has 0 spiro atoms. The molecule has 0 bridgehead atoms. The number of ether oxygens (including phenoxy) is 3. The van der Waals surface area contributed by atoms with Gasteiger partial charge in [-0.05, 0) is 24.6 Å². The molecule has 5 nitrogen and oxygen atoms in total. The van der Waals surface area contributed by atoms with Crippen molar-refractivity contribution >= 4 is 5.97 Å². The van der Waals surface area contributed by atoms with E-state index in [0.717, 1.165) is 17.7 Å². The molecule has 5 heteroatoms. The van der Waals surface area contributed by atoms with Crippen LogP contribution in [0.5, 0.6) is 11.5 Å². The van der Waals surface area contributed by atoms with Gasteiger partial charge in [0.15, 0.2) is 6.61 Å². The second-order valence-electron chi connectivity index (χ2n) is 4.13. The zero-order valence-electron chi connectivity index (χ0n) is 9.09.